The first-order valence-electron chi connectivity index (χ1n) is 15.3. The normalized spacial score (nSPS) is 17.3. The molecule has 1 fully saturated rings. The smallest absolute Gasteiger partial charge is 0.201 e. The molecule has 0 N–H and O–H groups in total. The lowest BCUT2D eigenvalue weighted by Crippen LogP contribution is -2.14. The molecule has 0 amide bonds. The minimum Gasteiger partial charge on any atom is -0.490 e. The summed E-state index contributed by atoms with van der Waals surface area (Å²) in [6, 6.07) is 14.4. The lowest BCUT2D eigenvalue weighted by molar-refractivity contribution is 0.295. The molecule has 1 nitrogen and oxygen atoms in total. The van der Waals surface area contributed by atoms with Crippen LogP contribution in [0.25, 0.3) is 11.1 Å². The maximum Gasteiger partial charge on any atom is 0.201 e. The molecule has 1 aliphatic carbocycles. The lowest BCUT2D eigenvalue weighted by Gasteiger charge is -2.27. The van der Waals surface area contributed by atoms with E-state index >= 15 is 8.78 Å². The number of unbranched alkanes of at least 4 members (excludes halogenated alkanes) is 2. The van der Waals surface area contributed by atoms with Gasteiger partial charge in [0.05, 0.1) is 6.61 Å². The molecule has 0 saturated heterocycles. The first-order chi connectivity index (χ1) is 19.9. The van der Waals surface area contributed by atoms with Crippen molar-refractivity contribution in [1.82, 2.24) is 0 Å². The molecule has 220 valence electrons. The van der Waals surface area contributed by atoms with Gasteiger partial charge in [-0.1, -0.05) is 75.2 Å². The predicted octanol–water partition coefficient (Wildman–Crippen LogP) is 10.9. The van der Waals surface area contributed by atoms with Gasteiger partial charge in [0.2, 0.25) is 5.82 Å². The molecular weight excluding hydrogens is 524 g/mol. The zero-order valence-electron chi connectivity index (χ0n) is 24.3. The van der Waals surface area contributed by atoms with E-state index in [-0.39, 0.29) is 29.4 Å². The van der Waals surface area contributed by atoms with Gasteiger partial charge in [-0.2, -0.15) is 4.39 Å². The van der Waals surface area contributed by atoms with Crippen LogP contribution >= 0.6 is 0 Å². The van der Waals surface area contributed by atoms with E-state index in [4.69, 9.17) is 4.74 Å². The Morgan fingerprint density at radius 2 is 1.32 bits per heavy atom. The van der Waals surface area contributed by atoms with Crippen LogP contribution in [0.15, 0.2) is 60.7 Å². The van der Waals surface area contributed by atoms with Crippen molar-refractivity contribution in [2.45, 2.75) is 90.4 Å². The summed E-state index contributed by atoms with van der Waals surface area (Å²) in [5, 5.41) is 0. The van der Waals surface area contributed by atoms with E-state index in [2.05, 4.69) is 43.3 Å². The Balaban J connectivity index is 1.30. The Bertz CT molecular complexity index is 1290. The summed E-state index contributed by atoms with van der Waals surface area (Å²) in [6.07, 6.45) is 15.4. The molecule has 0 heterocycles. The van der Waals surface area contributed by atoms with E-state index < -0.39 is 23.3 Å². The number of allylic oxidation sites excluding steroid dienone is 2. The lowest BCUT2D eigenvalue weighted by atomic mass is 9.78. The van der Waals surface area contributed by atoms with E-state index in [1.807, 2.05) is 6.92 Å². The highest BCUT2D eigenvalue weighted by Gasteiger charge is 2.27. The third-order valence-corrected chi connectivity index (χ3v) is 8.22. The van der Waals surface area contributed by atoms with Crippen molar-refractivity contribution in [2.24, 2.45) is 5.92 Å². The SMILES string of the molecule is CCCCCc1ccc(CC/C=C/C2CCC(c3ccc(-c4ccc(OCCC)c(F)c4F)c(F)c3F)CC2)cc1. The Labute approximate surface area is 242 Å². The Morgan fingerprint density at radius 3 is 1.98 bits per heavy atom. The third-order valence-electron chi connectivity index (χ3n) is 8.22. The molecule has 1 saturated carbocycles. The fourth-order valence-electron chi connectivity index (χ4n) is 5.76. The number of aryl methyl sites for hydroxylation is 2. The van der Waals surface area contributed by atoms with Crippen molar-refractivity contribution in [3.05, 3.63) is 101 Å². The van der Waals surface area contributed by atoms with E-state index in [0.717, 1.165) is 44.9 Å². The monoisotopic (exact) mass is 566 g/mol. The van der Waals surface area contributed by atoms with Crippen LogP contribution in [-0.2, 0) is 12.8 Å². The third kappa shape index (κ3) is 8.02. The van der Waals surface area contributed by atoms with Crippen LogP contribution in [0, 0.1) is 29.2 Å². The maximum absolute atomic E-state index is 15.2. The largest absolute Gasteiger partial charge is 0.490 e. The first-order valence-corrected chi connectivity index (χ1v) is 15.3. The molecule has 0 aromatic heterocycles. The fourth-order valence-corrected chi connectivity index (χ4v) is 5.76. The summed E-state index contributed by atoms with van der Waals surface area (Å²) < 4.78 is 64.7. The van der Waals surface area contributed by atoms with Crippen molar-refractivity contribution in [3.63, 3.8) is 0 Å². The molecule has 3 aromatic rings. The summed E-state index contributed by atoms with van der Waals surface area (Å²) in [4.78, 5) is 0. The topological polar surface area (TPSA) is 9.23 Å². The van der Waals surface area contributed by atoms with Crippen molar-refractivity contribution < 1.29 is 22.3 Å². The van der Waals surface area contributed by atoms with Gasteiger partial charge in [0.25, 0.3) is 0 Å². The first kappa shape index (κ1) is 30.9. The van der Waals surface area contributed by atoms with Crippen LogP contribution in [0.2, 0.25) is 0 Å². The molecule has 0 aliphatic heterocycles. The summed E-state index contributed by atoms with van der Waals surface area (Å²) >= 11 is 0. The second-order valence-electron chi connectivity index (χ2n) is 11.3. The van der Waals surface area contributed by atoms with Crippen LogP contribution < -0.4 is 4.74 Å². The van der Waals surface area contributed by atoms with Crippen LogP contribution in [0.4, 0.5) is 17.6 Å². The van der Waals surface area contributed by atoms with E-state index in [0.29, 0.717) is 17.9 Å². The van der Waals surface area contributed by atoms with Gasteiger partial charge < -0.3 is 4.74 Å². The van der Waals surface area contributed by atoms with Crippen LogP contribution in [0.5, 0.6) is 5.75 Å². The second kappa shape index (κ2) is 15.2. The average Bonchev–Trinajstić information content (AvgIpc) is 2.99. The molecule has 1 aliphatic rings. The molecule has 4 rings (SSSR count). The van der Waals surface area contributed by atoms with E-state index in [1.54, 1.807) is 0 Å². The van der Waals surface area contributed by atoms with Crippen molar-refractivity contribution in [2.75, 3.05) is 6.61 Å². The quantitative estimate of drug-likeness (QED) is 0.114. The molecule has 0 spiro atoms. The number of benzene rings is 3. The average molecular weight is 567 g/mol. The molecule has 3 aromatic carbocycles. The summed E-state index contributed by atoms with van der Waals surface area (Å²) in [5.41, 5.74) is 2.48. The molecule has 0 unspecified atom stereocenters. The summed E-state index contributed by atoms with van der Waals surface area (Å²) in [6.45, 7) is 4.31. The van der Waals surface area contributed by atoms with Gasteiger partial charge in [-0.05, 0) is 98.4 Å². The summed E-state index contributed by atoms with van der Waals surface area (Å²) in [7, 11) is 0. The number of hydrogen-bond donors (Lipinski definition) is 0. The summed E-state index contributed by atoms with van der Waals surface area (Å²) in [5.74, 6) is -4.43. The van der Waals surface area contributed by atoms with Gasteiger partial charge in [0.15, 0.2) is 23.2 Å². The molecule has 0 bridgehead atoms. The minimum atomic E-state index is -1.24. The maximum atomic E-state index is 15.2. The van der Waals surface area contributed by atoms with Gasteiger partial charge >= 0.3 is 0 Å². The molecule has 0 atom stereocenters. The molecular formula is C36H42F4O. The van der Waals surface area contributed by atoms with E-state index in [1.165, 1.54) is 54.7 Å². The van der Waals surface area contributed by atoms with Gasteiger partial charge in [0, 0.05) is 11.1 Å². The zero-order valence-corrected chi connectivity index (χ0v) is 24.3. The van der Waals surface area contributed by atoms with E-state index in [9.17, 15) is 8.78 Å². The number of hydrogen-bond acceptors (Lipinski definition) is 1. The second-order valence-corrected chi connectivity index (χ2v) is 11.3. The van der Waals surface area contributed by atoms with Crippen LogP contribution in [0.1, 0.15) is 94.2 Å². The standard InChI is InChI=1S/C36H42F4O/c1-3-5-6-9-25-12-14-26(15-13-25)10-7-8-11-27-16-18-28(19-17-27)29-20-21-30(34(38)33(29)37)31-22-23-32(41-24-4-2)36(40)35(31)39/h8,11-15,20-23,27-28H,3-7,9-10,16-19,24H2,1-2H3/b11-8+. The zero-order chi connectivity index (χ0) is 29.2. The predicted molar refractivity (Wildman–Crippen MR) is 159 cm³/mol. The Kier molecular flexibility index (Phi) is 11.5. The van der Waals surface area contributed by atoms with Gasteiger partial charge in [-0.25, -0.2) is 13.2 Å². The van der Waals surface area contributed by atoms with Gasteiger partial charge in [-0.3, -0.25) is 0 Å². The molecule has 5 heteroatoms. The highest BCUT2D eigenvalue weighted by atomic mass is 19.2. The number of halogens is 4. The highest BCUT2D eigenvalue weighted by Crippen LogP contribution is 2.40. The number of ether oxygens (including phenoxy) is 1. The van der Waals surface area contributed by atoms with Gasteiger partial charge in [-0.15, -0.1) is 0 Å². The van der Waals surface area contributed by atoms with Crippen molar-refractivity contribution in [3.8, 4) is 16.9 Å². The molecule has 41 heavy (non-hydrogen) atoms. The minimum absolute atomic E-state index is 0.0922. The molecule has 0 radical (unpaired) electrons. The Morgan fingerprint density at radius 1 is 0.683 bits per heavy atom. The highest BCUT2D eigenvalue weighted by molar-refractivity contribution is 5.66. The van der Waals surface area contributed by atoms with Crippen LogP contribution in [-0.4, -0.2) is 6.61 Å². The fraction of sp³-hybridized carbons (Fsp3) is 0.444. The van der Waals surface area contributed by atoms with Crippen LogP contribution in [0.3, 0.4) is 0 Å². The number of rotatable bonds is 13. The van der Waals surface area contributed by atoms with Crippen molar-refractivity contribution in [1.29, 1.82) is 0 Å². The van der Waals surface area contributed by atoms with Crippen molar-refractivity contribution >= 4 is 0 Å². The Hall–Kier alpha value is -3.08. The van der Waals surface area contributed by atoms with Gasteiger partial charge in [0.1, 0.15) is 0 Å².